The van der Waals surface area contributed by atoms with E-state index < -0.39 is 9.84 Å². The van der Waals surface area contributed by atoms with E-state index in [4.69, 9.17) is 0 Å². The lowest BCUT2D eigenvalue weighted by Crippen LogP contribution is -2.42. The van der Waals surface area contributed by atoms with Crippen molar-refractivity contribution < 1.29 is 8.42 Å². The molecule has 0 radical (unpaired) electrons. The van der Waals surface area contributed by atoms with Gasteiger partial charge in [-0.05, 0) is 6.92 Å². The van der Waals surface area contributed by atoms with Crippen LogP contribution in [0.1, 0.15) is 13.8 Å². The summed E-state index contributed by atoms with van der Waals surface area (Å²) in [4.78, 5) is 0. The lowest BCUT2D eigenvalue weighted by Gasteiger charge is -2.18. The van der Waals surface area contributed by atoms with E-state index in [9.17, 15) is 8.42 Å². The van der Waals surface area contributed by atoms with Gasteiger partial charge in [0.15, 0.2) is 9.84 Å². The monoisotopic (exact) mass is 194 g/mol. The fourth-order valence-electron chi connectivity index (χ4n) is 0.977. The van der Waals surface area contributed by atoms with Crippen LogP contribution in [0.25, 0.3) is 0 Å². The molecule has 0 amide bonds. The van der Waals surface area contributed by atoms with Gasteiger partial charge < -0.3 is 0 Å². The summed E-state index contributed by atoms with van der Waals surface area (Å²) in [5, 5.41) is 1.76. The molecular formula is C7H18N2O2S. The molecule has 0 rings (SSSR count). The molecule has 0 aromatic carbocycles. The van der Waals surface area contributed by atoms with Crippen LogP contribution in [-0.4, -0.2) is 45.1 Å². The second-order valence-electron chi connectivity index (χ2n) is 3.12. The highest BCUT2D eigenvalue weighted by Crippen LogP contribution is 1.94. The molecule has 0 heterocycles. The first kappa shape index (κ1) is 11.9. The second-order valence-corrected chi connectivity index (χ2v) is 5.52. The van der Waals surface area contributed by atoms with Crippen LogP contribution < -0.4 is 5.43 Å². The first-order chi connectivity index (χ1) is 5.37. The van der Waals surface area contributed by atoms with Gasteiger partial charge in [-0.3, -0.25) is 10.4 Å². The van der Waals surface area contributed by atoms with Crippen molar-refractivity contribution in [1.29, 1.82) is 0 Å². The predicted octanol–water partition coefficient (Wildman–Crippen LogP) is -0.124. The quantitative estimate of drug-likeness (QED) is 0.620. The van der Waals surface area contributed by atoms with Crippen LogP contribution >= 0.6 is 0 Å². The van der Waals surface area contributed by atoms with Crippen molar-refractivity contribution in [3.63, 3.8) is 0 Å². The van der Waals surface area contributed by atoms with Crippen LogP contribution in [0.15, 0.2) is 0 Å². The normalized spacial score (nSPS) is 15.1. The summed E-state index contributed by atoms with van der Waals surface area (Å²) in [5.74, 6) is 0.411. The first-order valence-electron chi connectivity index (χ1n) is 4.01. The molecule has 0 saturated carbocycles. The molecule has 1 unspecified atom stereocenters. The van der Waals surface area contributed by atoms with Gasteiger partial charge in [-0.25, -0.2) is 8.42 Å². The van der Waals surface area contributed by atoms with E-state index in [0.717, 1.165) is 0 Å². The fourth-order valence-corrected chi connectivity index (χ4v) is 2.05. The van der Waals surface area contributed by atoms with Gasteiger partial charge in [0.25, 0.3) is 0 Å². The zero-order valence-electron chi connectivity index (χ0n) is 8.16. The summed E-state index contributed by atoms with van der Waals surface area (Å²) < 4.78 is 22.3. The van der Waals surface area contributed by atoms with E-state index in [1.807, 2.05) is 21.0 Å². The molecule has 1 N–H and O–H groups in total. The number of nitrogens with zero attached hydrogens (tertiary/aromatic N) is 1. The number of hydrazine groups is 1. The summed E-state index contributed by atoms with van der Waals surface area (Å²) in [6.45, 7) is 3.52. The fraction of sp³-hybridized carbons (Fsp3) is 1.00. The van der Waals surface area contributed by atoms with E-state index in [0.29, 0.717) is 0 Å². The van der Waals surface area contributed by atoms with Crippen molar-refractivity contribution in [3.05, 3.63) is 0 Å². The van der Waals surface area contributed by atoms with E-state index in [1.165, 1.54) is 0 Å². The molecular weight excluding hydrogens is 176 g/mol. The average molecular weight is 194 g/mol. The Morgan fingerprint density at radius 3 is 2.25 bits per heavy atom. The second kappa shape index (κ2) is 4.79. The zero-order chi connectivity index (χ0) is 9.78. The van der Waals surface area contributed by atoms with Gasteiger partial charge >= 0.3 is 0 Å². The highest BCUT2D eigenvalue weighted by Gasteiger charge is 2.13. The molecule has 0 bridgehead atoms. The van der Waals surface area contributed by atoms with Crippen LogP contribution in [0.3, 0.4) is 0 Å². The van der Waals surface area contributed by atoms with Crippen molar-refractivity contribution in [2.45, 2.75) is 19.9 Å². The van der Waals surface area contributed by atoms with Gasteiger partial charge in [0, 0.05) is 25.9 Å². The molecule has 0 aliphatic carbocycles. The Morgan fingerprint density at radius 2 is 1.92 bits per heavy atom. The maximum Gasteiger partial charge on any atom is 0.151 e. The maximum atomic E-state index is 11.1. The number of rotatable bonds is 5. The third-order valence-corrected chi connectivity index (χ3v) is 3.31. The number of nitrogens with one attached hydrogen (secondary N) is 1. The average Bonchev–Trinajstić information content (AvgIpc) is 1.84. The van der Waals surface area contributed by atoms with Crippen LogP contribution in [0.5, 0.6) is 0 Å². The minimum atomic E-state index is -2.85. The van der Waals surface area contributed by atoms with Gasteiger partial charge in [0.05, 0.1) is 5.75 Å². The molecule has 0 fully saturated rings. The molecule has 74 valence electrons. The van der Waals surface area contributed by atoms with Crippen molar-refractivity contribution in [1.82, 2.24) is 10.4 Å². The smallest absolute Gasteiger partial charge is 0.151 e. The molecule has 0 saturated heterocycles. The summed E-state index contributed by atoms with van der Waals surface area (Å²) in [5.41, 5.74) is 2.99. The summed E-state index contributed by atoms with van der Waals surface area (Å²) in [7, 11) is 0.831. The maximum absolute atomic E-state index is 11.1. The van der Waals surface area contributed by atoms with Crippen molar-refractivity contribution in [2.75, 3.05) is 25.6 Å². The first-order valence-corrected chi connectivity index (χ1v) is 5.83. The highest BCUT2D eigenvalue weighted by atomic mass is 32.2. The lowest BCUT2D eigenvalue weighted by atomic mass is 10.4. The molecule has 0 aromatic heterocycles. The summed E-state index contributed by atoms with van der Waals surface area (Å²) >= 11 is 0. The number of hydrogen-bond acceptors (Lipinski definition) is 4. The highest BCUT2D eigenvalue weighted by molar-refractivity contribution is 7.91. The Bertz CT molecular complexity index is 211. The van der Waals surface area contributed by atoms with E-state index in [2.05, 4.69) is 5.43 Å². The van der Waals surface area contributed by atoms with E-state index >= 15 is 0 Å². The van der Waals surface area contributed by atoms with Crippen LogP contribution in [0.2, 0.25) is 0 Å². The summed E-state index contributed by atoms with van der Waals surface area (Å²) in [6.07, 6.45) is 0. The van der Waals surface area contributed by atoms with Gasteiger partial charge in [-0.1, -0.05) is 6.92 Å². The Hall–Kier alpha value is -0.130. The molecule has 1 atom stereocenters. The Labute approximate surface area is 74.8 Å². The lowest BCUT2D eigenvalue weighted by molar-refractivity contribution is 0.260. The predicted molar refractivity (Wildman–Crippen MR) is 50.6 cm³/mol. The Balaban J connectivity index is 3.93. The minimum absolute atomic E-state index is 0.0232. The standard InChI is InChI=1S/C7H18N2O2S/c1-5-12(10,11)6-7(2)8-9(3)4/h7-8H,5-6H2,1-4H3. The zero-order valence-corrected chi connectivity index (χ0v) is 8.98. The molecule has 0 aliphatic heterocycles. The summed E-state index contributed by atoms with van der Waals surface area (Å²) in [6, 6.07) is -0.0232. The Morgan fingerprint density at radius 1 is 1.42 bits per heavy atom. The topological polar surface area (TPSA) is 49.4 Å². The largest absolute Gasteiger partial charge is 0.252 e. The third-order valence-electron chi connectivity index (χ3n) is 1.42. The number of hydrogen-bond donors (Lipinski definition) is 1. The Kier molecular flexibility index (Phi) is 4.74. The van der Waals surface area contributed by atoms with E-state index in [1.54, 1.807) is 11.9 Å². The van der Waals surface area contributed by atoms with Crippen LogP contribution in [0, 0.1) is 0 Å². The van der Waals surface area contributed by atoms with E-state index in [-0.39, 0.29) is 17.5 Å². The van der Waals surface area contributed by atoms with Gasteiger partial charge in [0.1, 0.15) is 0 Å². The molecule has 4 nitrogen and oxygen atoms in total. The van der Waals surface area contributed by atoms with Crippen molar-refractivity contribution in [3.8, 4) is 0 Å². The SMILES string of the molecule is CCS(=O)(=O)CC(C)NN(C)C. The molecule has 12 heavy (non-hydrogen) atoms. The van der Waals surface area contributed by atoms with Crippen LogP contribution in [0.4, 0.5) is 0 Å². The third kappa shape index (κ3) is 5.51. The number of sulfone groups is 1. The molecule has 0 spiro atoms. The van der Waals surface area contributed by atoms with Crippen molar-refractivity contribution >= 4 is 9.84 Å². The molecule has 5 heteroatoms. The van der Waals surface area contributed by atoms with Gasteiger partial charge in [0.2, 0.25) is 0 Å². The minimum Gasteiger partial charge on any atom is -0.252 e. The molecule has 0 aliphatic rings. The van der Waals surface area contributed by atoms with Crippen molar-refractivity contribution in [2.24, 2.45) is 0 Å². The van der Waals surface area contributed by atoms with Crippen LogP contribution in [-0.2, 0) is 9.84 Å². The van der Waals surface area contributed by atoms with Gasteiger partial charge in [-0.2, -0.15) is 0 Å². The molecule has 0 aromatic rings. The van der Waals surface area contributed by atoms with Gasteiger partial charge in [-0.15, -0.1) is 0 Å².